The Kier molecular flexibility index (Phi) is 3.99. The molecule has 0 spiro atoms. The van der Waals surface area contributed by atoms with E-state index in [0.717, 1.165) is 5.56 Å². The van der Waals surface area contributed by atoms with Crippen LogP contribution in [0.25, 0.3) is 11.4 Å². The Morgan fingerprint density at radius 3 is 2.45 bits per heavy atom. The zero-order valence-electron chi connectivity index (χ0n) is 10.3. The number of aromatic nitrogens is 2. The van der Waals surface area contributed by atoms with Crippen molar-refractivity contribution in [3.05, 3.63) is 42.7 Å². The summed E-state index contributed by atoms with van der Waals surface area (Å²) in [5, 5.41) is 12.2. The number of amides is 1. The minimum Gasteiger partial charge on any atom is -0.364 e. The molecule has 1 aromatic heterocycles. The van der Waals surface area contributed by atoms with Gasteiger partial charge in [-0.05, 0) is 30.3 Å². The fraction of sp³-hybridized carbons (Fsp3) is 0. The van der Waals surface area contributed by atoms with Crippen molar-refractivity contribution in [2.75, 3.05) is 5.43 Å². The van der Waals surface area contributed by atoms with Crippen molar-refractivity contribution in [2.45, 2.75) is 0 Å². The number of carbonyl (C=O) groups excluding carboxylic acids is 1. The summed E-state index contributed by atoms with van der Waals surface area (Å²) in [6.07, 6.45) is 3.32. The SMILES string of the molecule is N#CC(=NNc1ccc(-c2ncccn2)cc1)C(N)=O. The third-order valence-corrected chi connectivity index (χ3v) is 2.34. The Labute approximate surface area is 114 Å². The first-order valence-electron chi connectivity index (χ1n) is 5.62. The maximum atomic E-state index is 10.8. The summed E-state index contributed by atoms with van der Waals surface area (Å²) in [6, 6.07) is 10.4. The lowest BCUT2D eigenvalue weighted by atomic mass is 10.2. The van der Waals surface area contributed by atoms with Crippen molar-refractivity contribution in [2.24, 2.45) is 10.8 Å². The van der Waals surface area contributed by atoms with Gasteiger partial charge in [0.25, 0.3) is 5.91 Å². The molecule has 2 aromatic rings. The number of carbonyl (C=O) groups is 1. The molecule has 0 atom stereocenters. The molecule has 3 N–H and O–H groups in total. The highest BCUT2D eigenvalue weighted by atomic mass is 16.1. The Hall–Kier alpha value is -3.27. The zero-order chi connectivity index (χ0) is 14.4. The first kappa shape index (κ1) is 13.2. The Morgan fingerprint density at radius 1 is 1.25 bits per heavy atom. The second kappa shape index (κ2) is 6.06. The number of primary amides is 1. The van der Waals surface area contributed by atoms with Gasteiger partial charge in [0, 0.05) is 18.0 Å². The molecule has 2 rings (SSSR count). The van der Waals surface area contributed by atoms with Crippen LogP contribution in [0, 0.1) is 11.3 Å². The highest BCUT2D eigenvalue weighted by Gasteiger charge is 2.05. The van der Waals surface area contributed by atoms with Crippen LogP contribution in [0.15, 0.2) is 47.8 Å². The van der Waals surface area contributed by atoms with Gasteiger partial charge in [0.05, 0.1) is 5.69 Å². The molecule has 0 saturated heterocycles. The van der Waals surface area contributed by atoms with Crippen molar-refractivity contribution < 1.29 is 4.79 Å². The molecule has 0 aliphatic rings. The number of anilines is 1. The summed E-state index contributed by atoms with van der Waals surface area (Å²) in [5.41, 5.74) is 8.61. The molecule has 20 heavy (non-hydrogen) atoms. The number of benzene rings is 1. The van der Waals surface area contributed by atoms with Gasteiger partial charge in [-0.15, -0.1) is 0 Å². The van der Waals surface area contributed by atoms with Crippen LogP contribution in [-0.2, 0) is 4.79 Å². The number of hydrogen-bond donors (Lipinski definition) is 2. The van der Waals surface area contributed by atoms with E-state index in [2.05, 4.69) is 20.5 Å². The summed E-state index contributed by atoms with van der Waals surface area (Å²) in [6.45, 7) is 0. The topological polar surface area (TPSA) is 117 Å². The fourth-order valence-electron chi connectivity index (χ4n) is 1.40. The molecule has 0 saturated carbocycles. The molecule has 0 radical (unpaired) electrons. The molecule has 0 aliphatic carbocycles. The van der Waals surface area contributed by atoms with Crippen molar-refractivity contribution in [1.29, 1.82) is 5.26 Å². The lowest BCUT2D eigenvalue weighted by molar-refractivity contribution is -0.111. The van der Waals surface area contributed by atoms with E-state index in [1.165, 1.54) is 0 Å². The van der Waals surface area contributed by atoms with Crippen LogP contribution in [0.2, 0.25) is 0 Å². The van der Waals surface area contributed by atoms with E-state index in [4.69, 9.17) is 11.0 Å². The van der Waals surface area contributed by atoms with Crippen LogP contribution in [0.4, 0.5) is 5.69 Å². The van der Waals surface area contributed by atoms with Gasteiger partial charge in [-0.3, -0.25) is 10.2 Å². The van der Waals surface area contributed by atoms with Gasteiger partial charge in [-0.25, -0.2) is 9.97 Å². The average molecular weight is 266 g/mol. The largest absolute Gasteiger partial charge is 0.364 e. The van der Waals surface area contributed by atoms with Crippen LogP contribution in [0.1, 0.15) is 0 Å². The van der Waals surface area contributed by atoms with Crippen molar-refractivity contribution in [3.8, 4) is 17.5 Å². The quantitative estimate of drug-likeness (QED) is 0.630. The Bertz CT molecular complexity index is 672. The third-order valence-electron chi connectivity index (χ3n) is 2.34. The summed E-state index contributed by atoms with van der Waals surface area (Å²) >= 11 is 0. The number of hydrogen-bond acceptors (Lipinski definition) is 6. The second-order valence-corrected chi connectivity index (χ2v) is 3.70. The van der Waals surface area contributed by atoms with E-state index in [9.17, 15) is 4.79 Å². The third kappa shape index (κ3) is 3.14. The summed E-state index contributed by atoms with van der Waals surface area (Å²) in [7, 11) is 0. The second-order valence-electron chi connectivity index (χ2n) is 3.70. The van der Waals surface area contributed by atoms with Gasteiger partial charge in [-0.2, -0.15) is 10.4 Å². The van der Waals surface area contributed by atoms with Crippen LogP contribution < -0.4 is 11.2 Å². The molecular formula is C13H10N6O. The van der Waals surface area contributed by atoms with Crippen molar-refractivity contribution in [1.82, 2.24) is 9.97 Å². The summed E-state index contributed by atoms with van der Waals surface area (Å²) < 4.78 is 0. The monoisotopic (exact) mass is 266 g/mol. The number of hydrazone groups is 1. The number of nitrogens with one attached hydrogen (secondary N) is 1. The molecule has 1 heterocycles. The molecule has 0 bridgehead atoms. The maximum Gasteiger partial charge on any atom is 0.280 e. The van der Waals surface area contributed by atoms with E-state index in [-0.39, 0.29) is 5.71 Å². The summed E-state index contributed by atoms with van der Waals surface area (Å²) in [5.74, 6) is -0.272. The summed E-state index contributed by atoms with van der Waals surface area (Å²) in [4.78, 5) is 19.1. The molecule has 0 aliphatic heterocycles. The number of nitrogens with zero attached hydrogens (tertiary/aromatic N) is 4. The number of nitriles is 1. The predicted molar refractivity (Wildman–Crippen MR) is 73.3 cm³/mol. The molecule has 98 valence electrons. The number of rotatable bonds is 4. The Balaban J connectivity index is 2.14. The van der Waals surface area contributed by atoms with E-state index in [1.807, 2.05) is 0 Å². The lowest BCUT2D eigenvalue weighted by Crippen LogP contribution is -2.22. The number of nitrogens with two attached hydrogens (primary N) is 1. The Morgan fingerprint density at radius 2 is 1.90 bits per heavy atom. The van der Waals surface area contributed by atoms with Gasteiger partial charge in [-0.1, -0.05) is 0 Å². The molecule has 7 heteroatoms. The highest BCUT2D eigenvalue weighted by Crippen LogP contribution is 2.17. The van der Waals surface area contributed by atoms with Gasteiger partial charge in [0.2, 0.25) is 5.71 Å². The smallest absolute Gasteiger partial charge is 0.280 e. The van der Waals surface area contributed by atoms with Crippen molar-refractivity contribution in [3.63, 3.8) is 0 Å². The average Bonchev–Trinajstić information content (AvgIpc) is 2.49. The minimum absolute atomic E-state index is 0.388. The maximum absolute atomic E-state index is 10.8. The van der Waals surface area contributed by atoms with Gasteiger partial charge < -0.3 is 5.73 Å². The van der Waals surface area contributed by atoms with Gasteiger partial charge >= 0.3 is 0 Å². The van der Waals surface area contributed by atoms with Gasteiger partial charge in [0.1, 0.15) is 6.07 Å². The fourth-order valence-corrected chi connectivity index (χ4v) is 1.40. The van der Waals surface area contributed by atoms with Crippen LogP contribution in [-0.4, -0.2) is 21.6 Å². The molecule has 0 fully saturated rings. The highest BCUT2D eigenvalue weighted by molar-refractivity contribution is 6.44. The molecule has 1 amide bonds. The first-order valence-corrected chi connectivity index (χ1v) is 5.62. The van der Waals surface area contributed by atoms with E-state index < -0.39 is 5.91 Å². The normalized spacial score (nSPS) is 10.7. The predicted octanol–water partition coefficient (Wildman–Crippen LogP) is 0.920. The van der Waals surface area contributed by atoms with E-state index >= 15 is 0 Å². The molecule has 0 unspecified atom stereocenters. The van der Waals surface area contributed by atoms with Crippen LogP contribution in [0.3, 0.4) is 0 Å². The first-order chi connectivity index (χ1) is 9.70. The molecule has 7 nitrogen and oxygen atoms in total. The minimum atomic E-state index is -0.880. The van der Waals surface area contributed by atoms with Gasteiger partial charge in [0.15, 0.2) is 5.82 Å². The van der Waals surface area contributed by atoms with E-state index in [0.29, 0.717) is 11.5 Å². The molecular weight excluding hydrogens is 256 g/mol. The van der Waals surface area contributed by atoms with E-state index in [1.54, 1.807) is 48.8 Å². The zero-order valence-corrected chi connectivity index (χ0v) is 10.3. The standard InChI is InChI=1S/C13H10N6O/c14-8-11(12(15)20)19-18-10-4-2-9(3-5-10)13-16-6-1-7-17-13/h1-7,18H,(H2,15,20). The molecule has 1 aromatic carbocycles. The van der Waals surface area contributed by atoms with Crippen LogP contribution >= 0.6 is 0 Å². The van der Waals surface area contributed by atoms with Crippen molar-refractivity contribution >= 4 is 17.3 Å². The lowest BCUT2D eigenvalue weighted by Gasteiger charge is -2.02. The van der Waals surface area contributed by atoms with Crippen LogP contribution in [0.5, 0.6) is 0 Å².